The maximum atomic E-state index is 12.6. The summed E-state index contributed by atoms with van der Waals surface area (Å²) in [7, 11) is 0. The quantitative estimate of drug-likeness (QED) is 0.798. The monoisotopic (exact) mass is 294 g/mol. The second kappa shape index (κ2) is 4.56. The number of aromatic nitrogens is 2. The third kappa shape index (κ3) is 2.30. The summed E-state index contributed by atoms with van der Waals surface area (Å²) in [6.07, 6.45) is 4.48. The molecule has 102 valence electrons. The van der Waals surface area contributed by atoms with Crippen LogP contribution in [0.25, 0.3) is 10.2 Å². The van der Waals surface area contributed by atoms with E-state index in [0.717, 1.165) is 23.1 Å². The summed E-state index contributed by atoms with van der Waals surface area (Å²) in [6, 6.07) is 2.13. The van der Waals surface area contributed by atoms with Crippen LogP contribution in [0.15, 0.2) is 16.2 Å². The first-order valence-electron chi connectivity index (χ1n) is 6.70. The number of thiophene rings is 1. The molecular formula is C14H18N2OS2. The predicted octanol–water partition coefficient (Wildman–Crippen LogP) is 4.26. The van der Waals surface area contributed by atoms with Crippen molar-refractivity contribution in [3.63, 3.8) is 0 Å². The van der Waals surface area contributed by atoms with Gasteiger partial charge in [0.15, 0.2) is 4.77 Å². The number of rotatable bonds is 1. The Balaban J connectivity index is 2.14. The Morgan fingerprint density at radius 1 is 1.53 bits per heavy atom. The Morgan fingerprint density at radius 2 is 2.32 bits per heavy atom. The van der Waals surface area contributed by atoms with E-state index in [1.54, 1.807) is 0 Å². The van der Waals surface area contributed by atoms with Crippen molar-refractivity contribution < 1.29 is 0 Å². The zero-order valence-corrected chi connectivity index (χ0v) is 12.9. The van der Waals surface area contributed by atoms with Gasteiger partial charge in [-0.2, -0.15) is 0 Å². The van der Waals surface area contributed by atoms with Gasteiger partial charge in [-0.25, -0.2) is 0 Å². The standard InChI is InChI=1S/C14H18N2OS2/c1-14(2)6-3-4-9(8-14)16-12(17)10-5-7-19-11(10)15-13(16)18/h5,7,9H,3-4,6,8H2,1-2H3,(H,15,18). The van der Waals surface area contributed by atoms with Crippen LogP contribution in [0.1, 0.15) is 45.6 Å². The van der Waals surface area contributed by atoms with Crippen LogP contribution in [-0.4, -0.2) is 9.55 Å². The number of H-pyrrole nitrogens is 1. The van der Waals surface area contributed by atoms with Crippen molar-refractivity contribution in [2.75, 3.05) is 0 Å². The molecule has 0 radical (unpaired) electrons. The Kier molecular flexibility index (Phi) is 3.14. The van der Waals surface area contributed by atoms with Gasteiger partial charge >= 0.3 is 0 Å². The summed E-state index contributed by atoms with van der Waals surface area (Å²) in [5.41, 5.74) is 0.371. The Morgan fingerprint density at radius 3 is 3.05 bits per heavy atom. The fourth-order valence-corrected chi connectivity index (χ4v) is 4.34. The average molecular weight is 294 g/mol. The first-order chi connectivity index (χ1) is 8.98. The van der Waals surface area contributed by atoms with E-state index in [0.29, 0.717) is 10.2 Å². The van der Waals surface area contributed by atoms with Crippen molar-refractivity contribution in [3.05, 3.63) is 26.6 Å². The number of hydrogen-bond donors (Lipinski definition) is 1. The fraction of sp³-hybridized carbons (Fsp3) is 0.571. The molecule has 19 heavy (non-hydrogen) atoms. The summed E-state index contributed by atoms with van der Waals surface area (Å²) in [4.78, 5) is 16.7. The zero-order valence-electron chi connectivity index (χ0n) is 11.2. The molecule has 2 aromatic rings. The van der Waals surface area contributed by atoms with Crippen LogP contribution < -0.4 is 5.56 Å². The van der Waals surface area contributed by atoms with Crippen molar-refractivity contribution >= 4 is 33.8 Å². The topological polar surface area (TPSA) is 37.8 Å². The van der Waals surface area contributed by atoms with Crippen LogP contribution in [0.5, 0.6) is 0 Å². The highest BCUT2D eigenvalue weighted by Crippen LogP contribution is 2.40. The van der Waals surface area contributed by atoms with Gasteiger partial charge in [-0.05, 0) is 48.3 Å². The SMILES string of the molecule is CC1(C)CCCC(n2c(=S)[nH]c3sccc3c2=O)C1. The number of hydrogen-bond acceptors (Lipinski definition) is 3. The maximum Gasteiger partial charge on any atom is 0.263 e. The smallest absolute Gasteiger partial charge is 0.263 e. The molecule has 3 nitrogen and oxygen atoms in total. The highest BCUT2D eigenvalue weighted by molar-refractivity contribution is 7.71. The lowest BCUT2D eigenvalue weighted by atomic mass is 9.75. The van der Waals surface area contributed by atoms with Crippen LogP contribution >= 0.6 is 23.6 Å². The van der Waals surface area contributed by atoms with E-state index in [2.05, 4.69) is 18.8 Å². The lowest BCUT2D eigenvalue weighted by Gasteiger charge is -2.35. The van der Waals surface area contributed by atoms with Crippen LogP contribution in [0.3, 0.4) is 0 Å². The van der Waals surface area contributed by atoms with E-state index in [9.17, 15) is 4.79 Å². The van der Waals surface area contributed by atoms with Gasteiger partial charge in [-0.3, -0.25) is 9.36 Å². The average Bonchev–Trinajstić information content (AvgIpc) is 2.76. The molecule has 1 unspecified atom stereocenters. The summed E-state index contributed by atoms with van der Waals surface area (Å²) in [5.74, 6) is 0. The molecule has 0 amide bonds. The normalized spacial score (nSPS) is 22.7. The van der Waals surface area contributed by atoms with Gasteiger partial charge in [0.2, 0.25) is 0 Å². The number of nitrogens with zero attached hydrogens (tertiary/aromatic N) is 1. The van der Waals surface area contributed by atoms with E-state index in [1.807, 2.05) is 16.0 Å². The van der Waals surface area contributed by atoms with Crippen molar-refractivity contribution in [1.82, 2.24) is 9.55 Å². The van der Waals surface area contributed by atoms with Crippen molar-refractivity contribution in [2.24, 2.45) is 5.41 Å². The van der Waals surface area contributed by atoms with E-state index in [1.165, 1.54) is 24.2 Å². The molecular weight excluding hydrogens is 276 g/mol. The number of nitrogens with one attached hydrogen (secondary N) is 1. The van der Waals surface area contributed by atoms with Crippen LogP contribution in [0, 0.1) is 10.2 Å². The molecule has 2 aromatic heterocycles. The molecule has 1 atom stereocenters. The minimum atomic E-state index is 0.0719. The molecule has 1 N–H and O–H groups in total. The Labute approximate surface area is 121 Å². The van der Waals surface area contributed by atoms with Gasteiger partial charge in [0.05, 0.1) is 5.39 Å². The minimum absolute atomic E-state index is 0.0719. The summed E-state index contributed by atoms with van der Waals surface area (Å²) >= 11 is 6.94. The summed E-state index contributed by atoms with van der Waals surface area (Å²) in [5, 5.41) is 2.70. The van der Waals surface area contributed by atoms with Gasteiger partial charge in [0.25, 0.3) is 5.56 Å². The van der Waals surface area contributed by atoms with Crippen LogP contribution in [0.4, 0.5) is 0 Å². The molecule has 1 fully saturated rings. The van der Waals surface area contributed by atoms with Crippen molar-refractivity contribution in [1.29, 1.82) is 0 Å². The molecule has 0 aromatic carbocycles. The second-order valence-electron chi connectivity index (χ2n) is 6.18. The molecule has 1 saturated carbocycles. The lowest BCUT2D eigenvalue weighted by molar-refractivity contribution is 0.179. The van der Waals surface area contributed by atoms with Gasteiger partial charge < -0.3 is 4.98 Å². The van der Waals surface area contributed by atoms with Crippen molar-refractivity contribution in [2.45, 2.75) is 45.6 Å². The molecule has 2 heterocycles. The lowest BCUT2D eigenvalue weighted by Crippen LogP contribution is -2.32. The summed E-state index contributed by atoms with van der Waals surface area (Å²) < 4.78 is 2.38. The first kappa shape index (κ1) is 13.1. The third-order valence-corrected chi connectivity index (χ3v) is 5.23. The highest BCUT2D eigenvalue weighted by atomic mass is 32.1. The van der Waals surface area contributed by atoms with Gasteiger partial charge in [-0.15, -0.1) is 11.3 Å². The van der Waals surface area contributed by atoms with Gasteiger partial charge in [-0.1, -0.05) is 20.3 Å². The molecule has 5 heteroatoms. The Hall–Kier alpha value is -0.940. The van der Waals surface area contributed by atoms with Gasteiger partial charge in [0, 0.05) is 6.04 Å². The molecule has 0 saturated heterocycles. The van der Waals surface area contributed by atoms with E-state index in [-0.39, 0.29) is 11.6 Å². The fourth-order valence-electron chi connectivity index (χ4n) is 3.16. The molecule has 1 aliphatic carbocycles. The predicted molar refractivity (Wildman–Crippen MR) is 82.6 cm³/mol. The van der Waals surface area contributed by atoms with Gasteiger partial charge in [0.1, 0.15) is 4.83 Å². The molecule has 3 rings (SSSR count). The summed E-state index contributed by atoms with van der Waals surface area (Å²) in [6.45, 7) is 4.56. The largest absolute Gasteiger partial charge is 0.323 e. The molecule has 1 aliphatic rings. The van der Waals surface area contributed by atoms with Crippen molar-refractivity contribution in [3.8, 4) is 0 Å². The highest BCUT2D eigenvalue weighted by Gasteiger charge is 2.30. The van der Waals surface area contributed by atoms with Crippen LogP contribution in [-0.2, 0) is 0 Å². The molecule has 0 aliphatic heterocycles. The van der Waals surface area contributed by atoms with E-state index in [4.69, 9.17) is 12.2 Å². The van der Waals surface area contributed by atoms with E-state index < -0.39 is 0 Å². The number of fused-ring (bicyclic) bond motifs is 1. The zero-order chi connectivity index (χ0) is 13.6. The van der Waals surface area contributed by atoms with E-state index >= 15 is 0 Å². The van der Waals surface area contributed by atoms with Crippen LogP contribution in [0.2, 0.25) is 0 Å². The third-order valence-electron chi connectivity index (χ3n) is 4.10. The maximum absolute atomic E-state index is 12.6. The molecule has 0 spiro atoms. The first-order valence-corrected chi connectivity index (χ1v) is 7.99. The molecule has 0 bridgehead atoms. The second-order valence-corrected chi connectivity index (χ2v) is 7.49. The number of aromatic amines is 1. The minimum Gasteiger partial charge on any atom is -0.323 e. The Bertz CT molecular complexity index is 723.